The fourth-order valence-electron chi connectivity index (χ4n) is 5.95. The molecule has 0 amide bonds. The van der Waals surface area contributed by atoms with Crippen LogP contribution in [-0.4, -0.2) is 0 Å². The van der Waals surface area contributed by atoms with Crippen molar-refractivity contribution >= 4 is 23.3 Å². The standard InChI is InChI=1S/2C17H17O.Zr/c2*1-3-12-6-5-7-13-10-14(11-16(12)13)17-9-8-15(4-2)18-17;/h2*5-11H,3-4H2,1-2H3;. The predicted octanol–water partition coefficient (Wildman–Crippen LogP) is 9.10. The van der Waals surface area contributed by atoms with E-state index >= 15 is 0 Å². The quantitative estimate of drug-likeness (QED) is 0.213. The molecule has 0 radical (unpaired) electrons. The Morgan fingerprint density at radius 3 is 1.41 bits per heavy atom. The Morgan fingerprint density at radius 1 is 0.568 bits per heavy atom. The Kier molecular flexibility index (Phi) is 6.84. The van der Waals surface area contributed by atoms with Crippen LogP contribution in [0.25, 0.3) is 23.3 Å². The molecule has 0 saturated carbocycles. The van der Waals surface area contributed by atoms with E-state index in [9.17, 15) is 0 Å². The van der Waals surface area contributed by atoms with Gasteiger partial charge in [0.15, 0.2) is 0 Å². The molecule has 0 N–H and O–H groups in total. The second-order valence-corrected chi connectivity index (χ2v) is 13.7. The number of fused-ring (bicyclic) bond motifs is 2. The van der Waals surface area contributed by atoms with Crippen molar-refractivity contribution in [3.8, 4) is 0 Å². The van der Waals surface area contributed by atoms with E-state index < -0.39 is 23.2 Å². The summed E-state index contributed by atoms with van der Waals surface area (Å²) in [4.78, 5) is 0. The summed E-state index contributed by atoms with van der Waals surface area (Å²) < 4.78 is 13.6. The van der Waals surface area contributed by atoms with Crippen LogP contribution < -0.4 is 0 Å². The molecule has 37 heavy (non-hydrogen) atoms. The number of allylic oxidation sites excluding steroid dienone is 2. The fraction of sp³-hybridized carbons (Fsp3) is 0.294. The van der Waals surface area contributed by atoms with E-state index in [4.69, 9.17) is 8.83 Å². The molecule has 0 saturated heterocycles. The van der Waals surface area contributed by atoms with Gasteiger partial charge in [-0.25, -0.2) is 0 Å². The van der Waals surface area contributed by atoms with Crippen molar-refractivity contribution in [3.63, 3.8) is 0 Å². The van der Waals surface area contributed by atoms with E-state index in [1.54, 1.807) is 0 Å². The molecule has 4 aromatic rings. The normalized spacial score (nSPS) is 17.9. The Morgan fingerprint density at radius 2 is 1.03 bits per heavy atom. The summed E-state index contributed by atoms with van der Waals surface area (Å²) in [5, 5.41) is 0. The first-order chi connectivity index (χ1) is 18.1. The molecule has 2 aliphatic carbocycles. The molecule has 3 heteroatoms. The molecule has 0 aliphatic heterocycles. The van der Waals surface area contributed by atoms with Gasteiger partial charge in [0.1, 0.15) is 0 Å². The zero-order chi connectivity index (χ0) is 25.5. The zero-order valence-corrected chi connectivity index (χ0v) is 24.7. The van der Waals surface area contributed by atoms with Gasteiger partial charge in [0.05, 0.1) is 0 Å². The van der Waals surface area contributed by atoms with Gasteiger partial charge < -0.3 is 0 Å². The molecule has 2 aliphatic rings. The van der Waals surface area contributed by atoms with Gasteiger partial charge in [0.2, 0.25) is 0 Å². The number of furan rings is 2. The fourth-order valence-corrected chi connectivity index (χ4v) is 10.9. The Bertz CT molecular complexity index is 1400. The van der Waals surface area contributed by atoms with Crippen LogP contribution in [0.15, 0.2) is 69.5 Å². The second-order valence-electron chi connectivity index (χ2n) is 10.0. The molecule has 6 rings (SSSR count). The van der Waals surface area contributed by atoms with Gasteiger partial charge in [-0.05, 0) is 0 Å². The van der Waals surface area contributed by atoms with Gasteiger partial charge in [-0.15, -0.1) is 0 Å². The van der Waals surface area contributed by atoms with Crippen molar-refractivity contribution in [3.05, 3.63) is 117 Å². The minimum atomic E-state index is -1.12. The van der Waals surface area contributed by atoms with E-state index in [-0.39, 0.29) is 0 Å². The average molecular weight is 566 g/mol. The molecular formula is C34H34O2Zr. The number of benzene rings is 2. The maximum atomic E-state index is 6.38. The number of aryl methyl sites for hydroxylation is 4. The molecule has 2 nitrogen and oxygen atoms in total. The van der Waals surface area contributed by atoms with Crippen molar-refractivity contribution in [2.45, 2.75) is 60.6 Å². The molecule has 2 heterocycles. The number of hydrogen-bond donors (Lipinski definition) is 0. The van der Waals surface area contributed by atoms with Crippen molar-refractivity contribution in [2.75, 3.05) is 0 Å². The summed E-state index contributed by atoms with van der Waals surface area (Å²) in [6, 6.07) is 22.5. The summed E-state index contributed by atoms with van der Waals surface area (Å²) in [6.07, 6.45) is 8.83. The molecule has 0 bridgehead atoms. The van der Waals surface area contributed by atoms with Crippen LogP contribution in [0.2, 0.25) is 0 Å². The van der Waals surface area contributed by atoms with E-state index in [0.29, 0.717) is 7.25 Å². The average Bonchev–Trinajstić information content (AvgIpc) is 3.73. The molecule has 0 spiro atoms. The third-order valence-corrected chi connectivity index (χ3v) is 12.7. The van der Waals surface area contributed by atoms with Gasteiger partial charge in [0.25, 0.3) is 0 Å². The number of hydrogen-bond acceptors (Lipinski definition) is 2. The third kappa shape index (κ3) is 4.30. The first-order valence-corrected chi connectivity index (χ1v) is 16.6. The van der Waals surface area contributed by atoms with Crippen LogP contribution in [-0.2, 0) is 48.9 Å². The Hall–Kier alpha value is -2.64. The Labute approximate surface area is 232 Å². The minimum absolute atomic E-state index is 0.436. The summed E-state index contributed by atoms with van der Waals surface area (Å²) in [6.45, 7) is 8.85. The monoisotopic (exact) mass is 564 g/mol. The SMILES string of the molecule is CCc1ccc(C2=Cc3c(CC)cccc3[CH]2[Zr][CH]2C(c3ccc(CC)o3)=Cc3c(CC)cccc32)o1. The molecule has 186 valence electrons. The molecule has 2 unspecified atom stereocenters. The third-order valence-electron chi connectivity index (χ3n) is 7.99. The molecular weight excluding hydrogens is 532 g/mol. The van der Waals surface area contributed by atoms with E-state index in [1.807, 2.05) is 0 Å². The molecule has 0 fully saturated rings. The van der Waals surface area contributed by atoms with Gasteiger partial charge in [-0.1, -0.05) is 0 Å². The van der Waals surface area contributed by atoms with Crippen LogP contribution >= 0.6 is 0 Å². The summed E-state index contributed by atoms with van der Waals surface area (Å²) in [5.41, 5.74) is 11.5. The first kappa shape index (κ1) is 24.7. The van der Waals surface area contributed by atoms with Gasteiger partial charge in [-0.2, -0.15) is 0 Å². The van der Waals surface area contributed by atoms with E-state index in [2.05, 4.69) is 101 Å². The summed E-state index contributed by atoms with van der Waals surface area (Å²) in [5.74, 6) is 4.24. The zero-order valence-electron chi connectivity index (χ0n) is 22.2. The van der Waals surface area contributed by atoms with E-state index in [0.717, 1.165) is 48.7 Å². The van der Waals surface area contributed by atoms with Crippen molar-refractivity contribution in [1.29, 1.82) is 0 Å². The predicted molar refractivity (Wildman–Crippen MR) is 149 cm³/mol. The van der Waals surface area contributed by atoms with Crippen molar-refractivity contribution in [2.24, 2.45) is 0 Å². The van der Waals surface area contributed by atoms with Crippen LogP contribution in [0.5, 0.6) is 0 Å². The first-order valence-electron chi connectivity index (χ1n) is 13.8. The van der Waals surface area contributed by atoms with Gasteiger partial charge in [-0.3, -0.25) is 0 Å². The molecule has 2 aromatic carbocycles. The molecule has 2 aromatic heterocycles. The maximum absolute atomic E-state index is 6.38. The van der Waals surface area contributed by atoms with Crippen LogP contribution in [0, 0.1) is 0 Å². The Balaban J connectivity index is 1.47. The summed E-state index contributed by atoms with van der Waals surface area (Å²) in [7, 11) is 0. The topological polar surface area (TPSA) is 26.3 Å². The summed E-state index contributed by atoms with van der Waals surface area (Å²) >= 11 is -1.12. The number of rotatable bonds is 8. The van der Waals surface area contributed by atoms with Crippen LogP contribution in [0.3, 0.4) is 0 Å². The van der Waals surface area contributed by atoms with Gasteiger partial charge in [0, 0.05) is 0 Å². The van der Waals surface area contributed by atoms with Crippen LogP contribution in [0.4, 0.5) is 0 Å². The molecule has 2 atom stereocenters. The van der Waals surface area contributed by atoms with Crippen molar-refractivity contribution < 1.29 is 32.1 Å². The van der Waals surface area contributed by atoms with E-state index in [1.165, 1.54) is 44.5 Å². The van der Waals surface area contributed by atoms with Crippen LogP contribution in [0.1, 0.15) is 91.4 Å². The van der Waals surface area contributed by atoms with Gasteiger partial charge >= 0.3 is 233 Å². The second kappa shape index (κ2) is 10.3. The van der Waals surface area contributed by atoms with Crippen molar-refractivity contribution in [1.82, 2.24) is 0 Å².